The van der Waals surface area contributed by atoms with E-state index in [4.69, 9.17) is 5.73 Å². The van der Waals surface area contributed by atoms with Crippen LogP contribution in [0, 0.1) is 0 Å². The largest absolute Gasteiger partial charge is 0.330 e. The Balaban J connectivity index is 2.83. The first-order valence-corrected chi connectivity index (χ1v) is 5.24. The first-order valence-electron chi connectivity index (χ1n) is 3.01. The minimum absolute atomic E-state index is 0.247. The van der Waals surface area contributed by atoms with Crippen LogP contribution in [-0.2, 0) is 0 Å². The third kappa shape index (κ3) is 4.02. The van der Waals surface area contributed by atoms with Gasteiger partial charge in [-0.15, -0.1) is 0 Å². The van der Waals surface area contributed by atoms with Crippen LogP contribution in [0.3, 0.4) is 0 Å². The number of hydrogen-bond donors (Lipinski definition) is 1. The second kappa shape index (κ2) is 4.34. The molecule has 0 aliphatic carbocycles. The summed E-state index contributed by atoms with van der Waals surface area (Å²) in [5.74, 6) is 0. The van der Waals surface area contributed by atoms with E-state index in [2.05, 4.69) is 13.5 Å². The topological polar surface area (TPSA) is 26.0 Å². The number of nitrogens with two attached hydrogens (primary N) is 1. The van der Waals surface area contributed by atoms with Gasteiger partial charge in [-0.2, -0.15) is 0 Å². The molecule has 2 N–H and O–H groups in total. The van der Waals surface area contributed by atoms with Gasteiger partial charge in [-0.25, -0.2) is 0 Å². The lowest BCUT2D eigenvalue weighted by Crippen LogP contribution is -2.04. The Bertz CT molecular complexity index is 39.1. The van der Waals surface area contributed by atoms with Gasteiger partial charge in [0.1, 0.15) is 0 Å². The van der Waals surface area contributed by atoms with E-state index >= 15 is 0 Å². The van der Waals surface area contributed by atoms with Crippen molar-refractivity contribution in [2.24, 2.45) is 5.73 Å². The van der Waals surface area contributed by atoms with Crippen molar-refractivity contribution in [2.45, 2.75) is 25.4 Å². The molecule has 0 saturated heterocycles. The Morgan fingerprint density at radius 3 is 2.43 bits per heavy atom. The lowest BCUT2D eigenvalue weighted by Gasteiger charge is -2.01. The van der Waals surface area contributed by atoms with Crippen molar-refractivity contribution >= 4 is 9.52 Å². The standard InChI is InChI=1S/C5H15NSi/c1-5(7-2)3-4-6/h5H,3-4,6-7H2,1-2H3. The molecule has 0 aliphatic rings. The molecule has 0 aromatic rings. The molecule has 7 heavy (non-hydrogen) atoms. The molecule has 0 saturated carbocycles. The van der Waals surface area contributed by atoms with Gasteiger partial charge in [-0.1, -0.05) is 19.0 Å². The first kappa shape index (κ1) is 7.18. The fourth-order valence-corrected chi connectivity index (χ4v) is 1.13. The van der Waals surface area contributed by atoms with Crippen LogP contribution in [0.2, 0.25) is 12.1 Å². The highest BCUT2D eigenvalue weighted by molar-refractivity contribution is 6.35. The molecule has 44 valence electrons. The zero-order valence-electron chi connectivity index (χ0n) is 5.28. The van der Waals surface area contributed by atoms with E-state index in [-0.39, 0.29) is 9.52 Å². The summed E-state index contributed by atoms with van der Waals surface area (Å²) in [6.45, 7) is 5.50. The third-order valence-corrected chi connectivity index (χ3v) is 3.16. The van der Waals surface area contributed by atoms with Gasteiger partial charge in [-0.05, 0) is 13.0 Å². The van der Waals surface area contributed by atoms with E-state index in [0.29, 0.717) is 0 Å². The number of rotatable bonds is 3. The van der Waals surface area contributed by atoms with Crippen LogP contribution in [0.1, 0.15) is 13.3 Å². The third-order valence-electron chi connectivity index (χ3n) is 1.36. The predicted octanol–water partition coefficient (Wildman–Crippen LogP) is 0.360. The summed E-state index contributed by atoms with van der Waals surface area (Å²) in [6.07, 6.45) is 1.24. The van der Waals surface area contributed by atoms with Gasteiger partial charge in [0.15, 0.2) is 0 Å². The van der Waals surface area contributed by atoms with Crippen molar-refractivity contribution in [1.82, 2.24) is 0 Å². The molecule has 0 spiro atoms. The van der Waals surface area contributed by atoms with Gasteiger partial charge in [0.05, 0.1) is 0 Å². The Morgan fingerprint density at radius 1 is 1.71 bits per heavy atom. The van der Waals surface area contributed by atoms with E-state index in [9.17, 15) is 0 Å². The molecule has 0 amide bonds. The lowest BCUT2D eigenvalue weighted by atomic mass is 10.3. The van der Waals surface area contributed by atoms with E-state index < -0.39 is 0 Å². The zero-order valence-corrected chi connectivity index (χ0v) is 6.69. The highest BCUT2D eigenvalue weighted by atomic mass is 28.2. The summed E-state index contributed by atoms with van der Waals surface area (Å²) in [7, 11) is 0.247. The van der Waals surface area contributed by atoms with E-state index in [0.717, 1.165) is 12.1 Å². The quantitative estimate of drug-likeness (QED) is 0.531. The van der Waals surface area contributed by atoms with Crippen molar-refractivity contribution in [2.75, 3.05) is 6.54 Å². The van der Waals surface area contributed by atoms with Crippen LogP contribution in [-0.4, -0.2) is 16.1 Å². The summed E-state index contributed by atoms with van der Waals surface area (Å²) >= 11 is 0. The molecular formula is C5H15NSi. The molecule has 0 heterocycles. The smallest absolute Gasteiger partial charge is 0.0198 e. The maximum atomic E-state index is 5.33. The van der Waals surface area contributed by atoms with Crippen LogP contribution in [0.15, 0.2) is 0 Å². The summed E-state index contributed by atoms with van der Waals surface area (Å²) in [5, 5.41) is 0. The van der Waals surface area contributed by atoms with Gasteiger partial charge in [0.25, 0.3) is 0 Å². The molecule has 0 bridgehead atoms. The van der Waals surface area contributed by atoms with E-state index in [1.54, 1.807) is 0 Å². The maximum Gasteiger partial charge on any atom is 0.0198 e. The summed E-state index contributed by atoms with van der Waals surface area (Å²) in [5.41, 5.74) is 6.29. The summed E-state index contributed by atoms with van der Waals surface area (Å²) in [4.78, 5) is 0. The van der Waals surface area contributed by atoms with Gasteiger partial charge < -0.3 is 5.73 Å². The summed E-state index contributed by atoms with van der Waals surface area (Å²) < 4.78 is 0. The van der Waals surface area contributed by atoms with Gasteiger partial charge in [0.2, 0.25) is 0 Å². The molecule has 0 aliphatic heterocycles. The molecular weight excluding hydrogens is 102 g/mol. The summed E-state index contributed by atoms with van der Waals surface area (Å²) in [6, 6.07) is 0. The van der Waals surface area contributed by atoms with E-state index in [1.807, 2.05) is 0 Å². The van der Waals surface area contributed by atoms with Crippen LogP contribution in [0.5, 0.6) is 0 Å². The maximum absolute atomic E-state index is 5.33. The molecule has 1 atom stereocenters. The molecule has 0 aromatic heterocycles. The zero-order chi connectivity index (χ0) is 5.70. The van der Waals surface area contributed by atoms with Gasteiger partial charge in [-0.3, -0.25) is 0 Å². The molecule has 2 heteroatoms. The minimum atomic E-state index is 0.247. The Labute approximate surface area is 48.1 Å². The molecule has 0 radical (unpaired) electrons. The molecule has 0 fully saturated rings. The second-order valence-corrected chi connectivity index (χ2v) is 4.30. The highest BCUT2D eigenvalue weighted by Gasteiger charge is 1.93. The van der Waals surface area contributed by atoms with Crippen molar-refractivity contribution in [3.8, 4) is 0 Å². The average Bonchev–Trinajstić information content (AvgIpc) is 1.68. The Kier molecular flexibility index (Phi) is 4.45. The Hall–Kier alpha value is 0.177. The van der Waals surface area contributed by atoms with Crippen LogP contribution >= 0.6 is 0 Å². The average molecular weight is 117 g/mol. The Morgan fingerprint density at radius 2 is 2.29 bits per heavy atom. The van der Waals surface area contributed by atoms with Crippen molar-refractivity contribution in [3.05, 3.63) is 0 Å². The number of hydrogen-bond acceptors (Lipinski definition) is 1. The van der Waals surface area contributed by atoms with Crippen molar-refractivity contribution in [1.29, 1.82) is 0 Å². The van der Waals surface area contributed by atoms with Crippen molar-refractivity contribution < 1.29 is 0 Å². The minimum Gasteiger partial charge on any atom is -0.330 e. The molecule has 0 rings (SSSR count). The monoisotopic (exact) mass is 117 g/mol. The normalized spacial score (nSPS) is 15.9. The fraction of sp³-hybridized carbons (Fsp3) is 1.00. The van der Waals surface area contributed by atoms with Gasteiger partial charge in [0, 0.05) is 9.52 Å². The van der Waals surface area contributed by atoms with Crippen molar-refractivity contribution in [3.63, 3.8) is 0 Å². The first-order chi connectivity index (χ1) is 3.31. The van der Waals surface area contributed by atoms with Crippen LogP contribution < -0.4 is 5.73 Å². The molecule has 1 nitrogen and oxygen atoms in total. The fourth-order valence-electron chi connectivity index (χ4n) is 0.489. The van der Waals surface area contributed by atoms with Gasteiger partial charge >= 0.3 is 0 Å². The van der Waals surface area contributed by atoms with Crippen LogP contribution in [0.25, 0.3) is 0 Å². The second-order valence-electron chi connectivity index (χ2n) is 2.09. The predicted molar refractivity (Wildman–Crippen MR) is 37.5 cm³/mol. The molecule has 1 unspecified atom stereocenters. The lowest BCUT2D eigenvalue weighted by molar-refractivity contribution is 0.797. The SMILES string of the molecule is C[SiH2]C(C)CCN. The molecule has 0 aromatic carbocycles. The highest BCUT2D eigenvalue weighted by Crippen LogP contribution is 2.03. The van der Waals surface area contributed by atoms with E-state index in [1.165, 1.54) is 6.42 Å². The van der Waals surface area contributed by atoms with Crippen LogP contribution in [0.4, 0.5) is 0 Å².